The highest BCUT2D eigenvalue weighted by Gasteiger charge is 2.57. The van der Waals surface area contributed by atoms with Gasteiger partial charge in [0, 0.05) is 19.6 Å². The lowest BCUT2D eigenvalue weighted by Crippen LogP contribution is -2.74. The van der Waals surface area contributed by atoms with Crippen LogP contribution in [0, 0.1) is 0 Å². The van der Waals surface area contributed by atoms with Crippen molar-refractivity contribution in [3.63, 3.8) is 0 Å². The fraction of sp³-hybridized carbons (Fsp3) is 0.849. The summed E-state index contributed by atoms with van der Waals surface area (Å²) in [5, 5.41) is 73.4. The molecule has 11 atom stereocenters. The average molecular weight is 1150 g/mol. The summed E-state index contributed by atoms with van der Waals surface area (Å²) >= 11 is 0. The van der Waals surface area contributed by atoms with Crippen molar-refractivity contribution < 1.29 is 96.9 Å². The van der Waals surface area contributed by atoms with Crippen LogP contribution < -0.4 is 26.6 Å². The number of hydrogen-bond acceptors (Lipinski definition) is 21. The molecule has 2 aliphatic carbocycles. The van der Waals surface area contributed by atoms with E-state index < -0.39 is 162 Å². The number of nitrogens with one attached hydrogen (secondary N) is 5. The third-order valence-corrected chi connectivity index (χ3v) is 13.1. The van der Waals surface area contributed by atoms with Gasteiger partial charge in [0.2, 0.25) is 6.29 Å². The number of amides is 6. The molecule has 0 aromatic carbocycles. The number of nitrogens with zero attached hydrogens (tertiary/aromatic N) is 2. The molecule has 6 amide bonds. The molecule has 5 rings (SSSR count). The molecule has 27 heteroatoms. The predicted octanol–water partition coefficient (Wildman–Crippen LogP) is 2.12. The minimum atomic E-state index is -2.19. The topological polar surface area (TPSA) is 353 Å². The molecule has 0 spiro atoms. The van der Waals surface area contributed by atoms with E-state index in [0.29, 0.717) is 0 Å². The maximum absolute atomic E-state index is 14.2. The summed E-state index contributed by atoms with van der Waals surface area (Å²) in [6.07, 6.45) is -12.7. The summed E-state index contributed by atoms with van der Waals surface area (Å²) < 4.78 is 52.9. The van der Waals surface area contributed by atoms with E-state index in [4.69, 9.17) is 42.6 Å². The zero-order valence-corrected chi connectivity index (χ0v) is 49.5. The molecule has 4 fully saturated rings. The Morgan fingerprint density at radius 3 is 1.65 bits per heavy atom. The van der Waals surface area contributed by atoms with Crippen molar-refractivity contribution in [1.29, 1.82) is 0 Å². The van der Waals surface area contributed by atoms with Crippen molar-refractivity contribution in [2.45, 2.75) is 248 Å². The first-order valence-electron chi connectivity index (χ1n) is 27.1. The minimum absolute atomic E-state index is 0.0198. The predicted molar refractivity (Wildman–Crippen MR) is 283 cm³/mol. The zero-order chi connectivity index (χ0) is 60.5. The van der Waals surface area contributed by atoms with E-state index in [1.165, 1.54) is 14.0 Å². The van der Waals surface area contributed by atoms with Gasteiger partial charge in [-0.15, -0.1) is 0 Å². The minimum Gasteiger partial charge on any atom is -0.466 e. The molecule has 27 nitrogen and oxygen atoms in total. The maximum atomic E-state index is 14.2. The quantitative estimate of drug-likeness (QED) is 0.111. The van der Waals surface area contributed by atoms with Crippen LogP contribution >= 0.6 is 0 Å². The zero-order valence-electron chi connectivity index (χ0n) is 49.5. The van der Waals surface area contributed by atoms with Crippen LogP contribution in [0.5, 0.6) is 0 Å². The van der Waals surface area contributed by atoms with Gasteiger partial charge in [-0.25, -0.2) is 24.0 Å². The van der Waals surface area contributed by atoms with E-state index in [9.17, 15) is 54.3 Å². The normalized spacial score (nSPS) is 31.8. The summed E-state index contributed by atoms with van der Waals surface area (Å²) in [7, 11) is 1.30. The van der Waals surface area contributed by atoms with Gasteiger partial charge < -0.3 is 105 Å². The van der Waals surface area contributed by atoms with Crippen LogP contribution in [0.2, 0.25) is 0 Å². The van der Waals surface area contributed by atoms with Gasteiger partial charge in [-0.1, -0.05) is 0 Å². The van der Waals surface area contributed by atoms with Crippen LogP contribution in [0.3, 0.4) is 0 Å². The number of hydrogen-bond donors (Lipinski definition) is 10. The number of aliphatic hydroxyl groups is 5. The van der Waals surface area contributed by atoms with Crippen molar-refractivity contribution in [3.8, 4) is 0 Å². The number of ether oxygens (including phenoxy) is 9. The second-order valence-corrected chi connectivity index (χ2v) is 26.9. The molecular weight excluding hydrogens is 1050 g/mol. The lowest BCUT2D eigenvalue weighted by atomic mass is 9.75. The number of rotatable bonds is 14. The third kappa shape index (κ3) is 18.8. The van der Waals surface area contributed by atoms with Crippen LogP contribution in [0.4, 0.5) is 24.0 Å². The Bertz CT molecular complexity index is 2240. The van der Waals surface area contributed by atoms with Gasteiger partial charge in [0.15, 0.2) is 11.9 Å². The van der Waals surface area contributed by atoms with Gasteiger partial charge in [-0.3, -0.25) is 4.79 Å². The SMILES string of the molecule is CN(C(=O)OC(C)(C)C)[C@@H]1[C@@H](O)[C@@H](O[C@@H]2[C@@H](O)[C@H](O[C@H]3OC(CNCC4(O)CC(NC(=O)OC(C)(C)C)C4)=CC[C@H]3NC(=O)OC(C)(C)C)[C@@H](NC(=O)OC(C)(C)C)C[C@H]2NC(=O)C2(O)CN(C(=O)OC(C)(C)C)C2)OC[C@]1(C)O. The van der Waals surface area contributed by atoms with Crippen molar-refractivity contribution >= 4 is 36.4 Å². The Kier molecular flexibility index (Phi) is 20.1. The fourth-order valence-corrected chi connectivity index (χ4v) is 9.73. The molecule has 2 saturated carbocycles. The van der Waals surface area contributed by atoms with Crippen LogP contribution in [0.15, 0.2) is 11.8 Å². The number of likely N-dealkylation sites (N-methyl/N-ethyl adjacent to an activating group) is 1. The Hall–Kier alpha value is -5.00. The second-order valence-electron chi connectivity index (χ2n) is 26.9. The van der Waals surface area contributed by atoms with E-state index >= 15 is 0 Å². The molecule has 80 heavy (non-hydrogen) atoms. The largest absolute Gasteiger partial charge is 0.466 e. The number of likely N-dealkylation sites (tertiary alicyclic amines) is 1. The van der Waals surface area contributed by atoms with E-state index in [1.54, 1.807) is 110 Å². The summed E-state index contributed by atoms with van der Waals surface area (Å²) in [6, 6.07) is -5.55. The second kappa shape index (κ2) is 24.4. The first-order chi connectivity index (χ1) is 36.3. The molecule has 10 N–H and O–H groups in total. The highest BCUT2D eigenvalue weighted by Crippen LogP contribution is 2.37. The van der Waals surface area contributed by atoms with E-state index in [-0.39, 0.29) is 50.6 Å². The van der Waals surface area contributed by atoms with Gasteiger partial charge in [-0.2, -0.15) is 0 Å². The van der Waals surface area contributed by atoms with E-state index in [1.807, 2.05) is 0 Å². The summed E-state index contributed by atoms with van der Waals surface area (Å²) in [6.45, 7) is 24.9. The van der Waals surface area contributed by atoms with Gasteiger partial charge in [0.05, 0.1) is 56.0 Å². The third-order valence-electron chi connectivity index (χ3n) is 13.1. The van der Waals surface area contributed by atoms with Gasteiger partial charge in [0.1, 0.15) is 63.8 Å². The van der Waals surface area contributed by atoms with Crippen LogP contribution in [0.1, 0.15) is 136 Å². The molecule has 0 aromatic rings. The monoisotopic (exact) mass is 1150 g/mol. The Labute approximate surface area is 468 Å². The summed E-state index contributed by atoms with van der Waals surface area (Å²) in [4.78, 5) is 82.1. The van der Waals surface area contributed by atoms with Crippen molar-refractivity contribution in [1.82, 2.24) is 36.4 Å². The summed E-state index contributed by atoms with van der Waals surface area (Å²) in [5.74, 6) is -0.737. The number of alkyl carbamates (subject to hydrolysis) is 3. The van der Waals surface area contributed by atoms with Gasteiger partial charge >= 0.3 is 30.5 Å². The molecule has 458 valence electrons. The lowest BCUT2D eigenvalue weighted by Gasteiger charge is -2.51. The molecule has 0 aromatic heterocycles. The number of carbonyl (C=O) groups excluding carboxylic acids is 6. The smallest absolute Gasteiger partial charge is 0.410 e. The van der Waals surface area contributed by atoms with Crippen molar-refractivity contribution in [3.05, 3.63) is 11.8 Å². The van der Waals surface area contributed by atoms with Crippen molar-refractivity contribution in [2.24, 2.45) is 0 Å². The van der Waals surface area contributed by atoms with E-state index in [2.05, 4.69) is 26.6 Å². The standard InChI is InChI=1S/C53H91N7O20/c1-46(2,3)76-41(64)55-28-21-52(70,22-28)24-54-23-29-18-19-30(57-42(65)77-47(4,5)6)38(73-29)74-36-32(58-43(66)78-48(7,8)9)20-31(56-40(63)53(71)25-60(26-53)45(68)80-50(13,14)15)35(33(36)61)75-39-34(62)37(51(16,69)27-72-39)59(17)44(67)79-49(10,11)12/h18,28,30-39,54,61-62,69-71H,19-27H2,1-17H3,(H,55,64)(H,56,63)(H,57,65)(H,58,66)/t28?,30-,31-,32+,33-,34-,35+,36-,37-,38-,39-,51+,52?/m1/s1. The maximum Gasteiger partial charge on any atom is 0.410 e. The molecule has 2 saturated heterocycles. The van der Waals surface area contributed by atoms with Crippen LogP contribution in [-0.2, 0) is 47.4 Å². The van der Waals surface area contributed by atoms with E-state index in [0.717, 1.165) is 9.80 Å². The summed E-state index contributed by atoms with van der Waals surface area (Å²) in [5.41, 5.74) is -9.82. The highest BCUT2D eigenvalue weighted by molar-refractivity contribution is 5.89. The molecule has 3 heterocycles. The number of aliphatic hydroxyl groups excluding tert-OH is 2. The Balaban J connectivity index is 1.48. The lowest BCUT2D eigenvalue weighted by molar-refractivity contribution is -0.311. The van der Waals surface area contributed by atoms with Crippen LogP contribution in [-0.4, -0.2) is 224 Å². The molecule has 0 bridgehead atoms. The molecule has 0 radical (unpaired) electrons. The molecular formula is C53H91N7O20. The first kappa shape index (κ1) is 65.8. The Morgan fingerprint density at radius 2 is 1.14 bits per heavy atom. The molecule has 0 unspecified atom stereocenters. The number of carbonyl (C=O) groups is 6. The fourth-order valence-electron chi connectivity index (χ4n) is 9.73. The molecule has 3 aliphatic heterocycles. The van der Waals surface area contributed by atoms with Gasteiger partial charge in [0.25, 0.3) is 5.91 Å². The van der Waals surface area contributed by atoms with Gasteiger partial charge in [-0.05, 0) is 143 Å². The number of β-amino-alcohol motifs (C(OH)–C–C–N with tert-alkyl or cyclic N) is 1. The van der Waals surface area contributed by atoms with Crippen molar-refractivity contribution in [2.75, 3.05) is 39.8 Å². The first-order valence-corrected chi connectivity index (χ1v) is 27.1. The molecule has 5 aliphatic rings. The highest BCUT2D eigenvalue weighted by atomic mass is 16.7. The van der Waals surface area contributed by atoms with Crippen LogP contribution in [0.25, 0.3) is 0 Å². The average Bonchev–Trinajstić information content (AvgIpc) is 3.22. The Morgan fingerprint density at radius 1 is 0.662 bits per heavy atom.